The quantitative estimate of drug-likeness (QED) is 0.427. The van der Waals surface area contributed by atoms with E-state index in [0.29, 0.717) is 11.4 Å². The second kappa shape index (κ2) is 8.43. The molecule has 5 aromatic rings. The Balaban J connectivity index is 1.43. The summed E-state index contributed by atoms with van der Waals surface area (Å²) in [5.74, 6) is 1.37. The average Bonchev–Trinajstić information content (AvgIpc) is 3.26. The van der Waals surface area contributed by atoms with Gasteiger partial charge in [-0.05, 0) is 68.6 Å². The molecule has 0 amide bonds. The van der Waals surface area contributed by atoms with Gasteiger partial charge in [-0.25, -0.2) is 9.50 Å². The van der Waals surface area contributed by atoms with Crippen molar-refractivity contribution in [2.75, 3.05) is 13.1 Å². The topological polar surface area (TPSA) is 73.5 Å². The second-order valence-electron chi connectivity index (χ2n) is 8.77. The number of aryl methyl sites for hydroxylation is 1. The summed E-state index contributed by atoms with van der Waals surface area (Å²) in [6.45, 7) is 3.83. The van der Waals surface area contributed by atoms with Gasteiger partial charge < -0.3 is 14.6 Å². The predicted octanol–water partition coefficient (Wildman–Crippen LogP) is 4.74. The Kier molecular flexibility index (Phi) is 5.11. The molecule has 3 aromatic heterocycles. The molecule has 170 valence electrons. The number of imidazole rings is 1. The standard InChI is InChI=1S/C27H25N5O2/c1-18-17-32-26(29-18)25(34-22-5-3-2-4-6-22)16-24(30-32)20-7-8-23-19(15-20)11-14-31(27(23)33)21-9-12-28-13-10-21/h2-8,11,14-17,21,28H,9-10,12-13H2,1H3. The van der Waals surface area contributed by atoms with Gasteiger partial charge in [-0.3, -0.25) is 4.79 Å². The van der Waals surface area contributed by atoms with Gasteiger partial charge in [-0.1, -0.05) is 24.3 Å². The lowest BCUT2D eigenvalue weighted by Crippen LogP contribution is -2.34. The maximum Gasteiger partial charge on any atom is 0.258 e. The average molecular weight is 452 g/mol. The zero-order valence-electron chi connectivity index (χ0n) is 18.9. The van der Waals surface area contributed by atoms with Gasteiger partial charge in [0.2, 0.25) is 0 Å². The Hall–Kier alpha value is -3.97. The molecule has 0 bridgehead atoms. The molecule has 1 fully saturated rings. The summed E-state index contributed by atoms with van der Waals surface area (Å²) < 4.78 is 9.82. The summed E-state index contributed by atoms with van der Waals surface area (Å²) in [7, 11) is 0. The van der Waals surface area contributed by atoms with Gasteiger partial charge in [-0.15, -0.1) is 0 Å². The van der Waals surface area contributed by atoms with E-state index in [1.807, 2.05) is 84.5 Å². The molecule has 1 saturated heterocycles. The molecule has 0 atom stereocenters. The first-order chi connectivity index (χ1) is 16.7. The van der Waals surface area contributed by atoms with Crippen LogP contribution in [0.2, 0.25) is 0 Å². The molecule has 1 aliphatic rings. The van der Waals surface area contributed by atoms with Crippen molar-refractivity contribution in [3.05, 3.63) is 89.1 Å². The van der Waals surface area contributed by atoms with E-state index < -0.39 is 0 Å². The number of benzene rings is 2. The third-order valence-electron chi connectivity index (χ3n) is 6.41. The first-order valence-electron chi connectivity index (χ1n) is 11.6. The van der Waals surface area contributed by atoms with E-state index in [2.05, 4.69) is 10.3 Å². The Bertz CT molecular complexity index is 1550. The largest absolute Gasteiger partial charge is 0.453 e. The van der Waals surface area contributed by atoms with E-state index in [0.717, 1.165) is 59.4 Å². The summed E-state index contributed by atoms with van der Waals surface area (Å²) in [6.07, 6.45) is 5.77. The Morgan fingerprint density at radius 3 is 2.68 bits per heavy atom. The number of ether oxygens (including phenoxy) is 1. The van der Waals surface area contributed by atoms with Crippen LogP contribution in [0.3, 0.4) is 0 Å². The van der Waals surface area contributed by atoms with Gasteiger partial charge in [0.05, 0.1) is 17.6 Å². The fourth-order valence-electron chi connectivity index (χ4n) is 4.69. The van der Waals surface area contributed by atoms with E-state index in [-0.39, 0.29) is 11.6 Å². The number of hydrogen-bond acceptors (Lipinski definition) is 5. The lowest BCUT2D eigenvalue weighted by Gasteiger charge is -2.25. The molecule has 2 aromatic carbocycles. The van der Waals surface area contributed by atoms with Crippen LogP contribution in [0, 0.1) is 6.92 Å². The summed E-state index contributed by atoms with van der Waals surface area (Å²) in [5, 5.41) is 9.77. The first kappa shape index (κ1) is 20.6. The van der Waals surface area contributed by atoms with E-state index >= 15 is 0 Å². The van der Waals surface area contributed by atoms with Gasteiger partial charge >= 0.3 is 0 Å². The molecule has 0 radical (unpaired) electrons. The number of nitrogens with one attached hydrogen (secondary N) is 1. The number of nitrogens with zero attached hydrogens (tertiary/aromatic N) is 4. The zero-order valence-corrected chi connectivity index (χ0v) is 18.9. The van der Waals surface area contributed by atoms with Crippen LogP contribution in [0.5, 0.6) is 11.5 Å². The van der Waals surface area contributed by atoms with E-state index in [4.69, 9.17) is 9.84 Å². The third-order valence-corrected chi connectivity index (χ3v) is 6.41. The SMILES string of the molecule is Cc1cn2nc(-c3ccc4c(=O)n(C5CCNCC5)ccc4c3)cc(Oc3ccccc3)c2n1. The first-order valence-corrected chi connectivity index (χ1v) is 11.6. The van der Waals surface area contributed by atoms with E-state index in [9.17, 15) is 4.79 Å². The lowest BCUT2D eigenvalue weighted by atomic mass is 10.0. The van der Waals surface area contributed by atoms with E-state index in [1.165, 1.54) is 0 Å². The van der Waals surface area contributed by atoms with Gasteiger partial charge in [-0.2, -0.15) is 5.10 Å². The van der Waals surface area contributed by atoms with Crippen molar-refractivity contribution in [3.63, 3.8) is 0 Å². The van der Waals surface area contributed by atoms with Crippen molar-refractivity contribution < 1.29 is 4.74 Å². The van der Waals surface area contributed by atoms with Crippen LogP contribution >= 0.6 is 0 Å². The van der Waals surface area contributed by atoms with Gasteiger partial charge in [0.15, 0.2) is 11.4 Å². The Morgan fingerprint density at radius 2 is 1.85 bits per heavy atom. The Morgan fingerprint density at radius 1 is 1.03 bits per heavy atom. The van der Waals surface area contributed by atoms with Crippen LogP contribution in [0.15, 0.2) is 77.9 Å². The highest BCUT2D eigenvalue weighted by Gasteiger charge is 2.18. The molecular weight excluding hydrogens is 426 g/mol. The molecule has 7 heteroatoms. The fraction of sp³-hybridized carbons (Fsp3) is 0.222. The maximum atomic E-state index is 13.2. The maximum absolute atomic E-state index is 13.2. The molecule has 4 heterocycles. The molecule has 0 spiro atoms. The third kappa shape index (κ3) is 3.74. The summed E-state index contributed by atoms with van der Waals surface area (Å²) in [4.78, 5) is 17.8. The molecule has 1 N–H and O–H groups in total. The molecule has 7 nitrogen and oxygen atoms in total. The van der Waals surface area contributed by atoms with Crippen LogP contribution in [0.4, 0.5) is 0 Å². The predicted molar refractivity (Wildman–Crippen MR) is 133 cm³/mol. The van der Waals surface area contributed by atoms with Crippen LogP contribution < -0.4 is 15.6 Å². The number of para-hydroxylation sites is 1. The normalized spacial score (nSPS) is 14.6. The van der Waals surface area contributed by atoms with Crippen molar-refractivity contribution in [3.8, 4) is 22.8 Å². The number of aromatic nitrogens is 4. The summed E-state index contributed by atoms with van der Waals surface area (Å²) in [5.41, 5.74) is 3.26. The highest BCUT2D eigenvalue weighted by Crippen LogP contribution is 2.31. The van der Waals surface area contributed by atoms with Crippen LogP contribution in [-0.2, 0) is 0 Å². The minimum atomic E-state index is 0.0673. The Labute approximate surface area is 196 Å². The molecular formula is C27H25N5O2. The zero-order chi connectivity index (χ0) is 23.1. The molecule has 0 saturated carbocycles. The number of piperidine rings is 1. The molecule has 6 rings (SSSR count). The molecule has 0 unspecified atom stereocenters. The number of fused-ring (bicyclic) bond motifs is 2. The van der Waals surface area contributed by atoms with Crippen molar-refractivity contribution in [1.29, 1.82) is 0 Å². The number of rotatable bonds is 4. The molecule has 34 heavy (non-hydrogen) atoms. The number of hydrogen-bond donors (Lipinski definition) is 1. The molecule has 1 aliphatic heterocycles. The van der Waals surface area contributed by atoms with Crippen molar-refractivity contribution in [1.82, 2.24) is 24.5 Å². The van der Waals surface area contributed by atoms with Crippen molar-refractivity contribution in [2.45, 2.75) is 25.8 Å². The fourth-order valence-corrected chi connectivity index (χ4v) is 4.69. The highest BCUT2D eigenvalue weighted by atomic mass is 16.5. The van der Waals surface area contributed by atoms with E-state index in [1.54, 1.807) is 4.52 Å². The minimum Gasteiger partial charge on any atom is -0.453 e. The summed E-state index contributed by atoms with van der Waals surface area (Å²) in [6, 6.07) is 19.7. The van der Waals surface area contributed by atoms with Crippen molar-refractivity contribution >= 4 is 16.4 Å². The van der Waals surface area contributed by atoms with Crippen LogP contribution in [0.25, 0.3) is 27.7 Å². The minimum absolute atomic E-state index is 0.0673. The lowest BCUT2D eigenvalue weighted by molar-refractivity contribution is 0.362. The van der Waals surface area contributed by atoms with Gasteiger partial charge in [0.25, 0.3) is 5.56 Å². The smallest absolute Gasteiger partial charge is 0.258 e. The van der Waals surface area contributed by atoms with Crippen LogP contribution in [0.1, 0.15) is 24.6 Å². The summed E-state index contributed by atoms with van der Waals surface area (Å²) >= 11 is 0. The monoisotopic (exact) mass is 451 g/mol. The van der Waals surface area contributed by atoms with Gasteiger partial charge in [0, 0.05) is 29.3 Å². The second-order valence-corrected chi connectivity index (χ2v) is 8.77. The van der Waals surface area contributed by atoms with Gasteiger partial charge in [0.1, 0.15) is 5.75 Å². The molecule has 0 aliphatic carbocycles. The number of pyridine rings is 1. The van der Waals surface area contributed by atoms with Crippen molar-refractivity contribution in [2.24, 2.45) is 0 Å². The highest BCUT2D eigenvalue weighted by molar-refractivity contribution is 5.86. The van der Waals surface area contributed by atoms with Crippen LogP contribution in [-0.4, -0.2) is 32.3 Å².